The largest absolute Gasteiger partial charge is 0.395 e. The molecule has 1 N–H and O–H groups in total. The van der Waals surface area contributed by atoms with Crippen molar-refractivity contribution in [3.05, 3.63) is 28.5 Å². The SMILES string of the molecule is N#Cc1cc(C#CCCO)cnc1Cl. The zero-order chi connectivity index (χ0) is 10.4. The first-order valence-corrected chi connectivity index (χ1v) is 4.31. The third-order valence-corrected chi connectivity index (χ3v) is 1.73. The Morgan fingerprint density at radius 2 is 2.36 bits per heavy atom. The molecule has 3 nitrogen and oxygen atoms in total. The summed E-state index contributed by atoms with van der Waals surface area (Å²) in [7, 11) is 0. The number of aliphatic hydroxyl groups is 1. The van der Waals surface area contributed by atoms with E-state index in [1.165, 1.54) is 6.20 Å². The van der Waals surface area contributed by atoms with Crippen molar-refractivity contribution in [2.75, 3.05) is 6.61 Å². The summed E-state index contributed by atoms with van der Waals surface area (Å²) in [6.07, 6.45) is 1.90. The smallest absolute Gasteiger partial charge is 0.146 e. The van der Waals surface area contributed by atoms with Gasteiger partial charge in [-0.25, -0.2) is 4.98 Å². The summed E-state index contributed by atoms with van der Waals surface area (Å²) in [5, 5.41) is 17.3. The molecule has 0 aliphatic carbocycles. The summed E-state index contributed by atoms with van der Waals surface area (Å²) in [5.41, 5.74) is 0.932. The van der Waals surface area contributed by atoms with Gasteiger partial charge in [0.15, 0.2) is 0 Å². The van der Waals surface area contributed by atoms with Crippen LogP contribution < -0.4 is 0 Å². The number of nitrogens with zero attached hydrogens (tertiary/aromatic N) is 2. The molecule has 4 heteroatoms. The van der Waals surface area contributed by atoms with E-state index >= 15 is 0 Å². The Morgan fingerprint density at radius 1 is 1.57 bits per heavy atom. The second-order valence-electron chi connectivity index (χ2n) is 2.45. The van der Waals surface area contributed by atoms with E-state index in [-0.39, 0.29) is 11.8 Å². The highest BCUT2D eigenvalue weighted by atomic mass is 35.5. The number of hydrogen-bond donors (Lipinski definition) is 1. The standard InChI is InChI=1S/C10H7ClN2O/c11-10-9(6-12)5-8(7-13-10)3-1-2-4-14/h5,7,14H,2,4H2. The lowest BCUT2D eigenvalue weighted by atomic mass is 10.2. The molecule has 0 saturated heterocycles. The maximum Gasteiger partial charge on any atom is 0.146 e. The first-order chi connectivity index (χ1) is 6.77. The van der Waals surface area contributed by atoms with E-state index in [0.717, 1.165) is 0 Å². The highest BCUT2D eigenvalue weighted by Gasteiger charge is 2.00. The number of halogens is 1. The van der Waals surface area contributed by atoms with Crippen molar-refractivity contribution in [3.63, 3.8) is 0 Å². The van der Waals surface area contributed by atoms with Crippen molar-refractivity contribution in [2.24, 2.45) is 0 Å². The van der Waals surface area contributed by atoms with Gasteiger partial charge in [-0.15, -0.1) is 0 Å². The molecule has 0 amide bonds. The van der Waals surface area contributed by atoms with E-state index in [9.17, 15) is 0 Å². The number of pyridine rings is 1. The van der Waals surface area contributed by atoms with E-state index in [0.29, 0.717) is 17.5 Å². The summed E-state index contributed by atoms with van der Waals surface area (Å²) in [6.45, 7) is 0.0269. The van der Waals surface area contributed by atoms with Crippen LogP contribution in [0.4, 0.5) is 0 Å². The first kappa shape index (κ1) is 10.5. The number of aliphatic hydroxyl groups excluding tert-OH is 1. The van der Waals surface area contributed by atoms with Crippen LogP contribution in [0.1, 0.15) is 17.5 Å². The molecule has 1 aromatic rings. The number of rotatable bonds is 1. The Kier molecular flexibility index (Phi) is 3.94. The van der Waals surface area contributed by atoms with E-state index in [1.807, 2.05) is 6.07 Å². The molecule has 0 bridgehead atoms. The maximum atomic E-state index is 8.65. The van der Waals surface area contributed by atoms with Gasteiger partial charge in [0.2, 0.25) is 0 Å². The van der Waals surface area contributed by atoms with Crippen LogP contribution in [0.3, 0.4) is 0 Å². The quantitative estimate of drug-likeness (QED) is 0.557. The molecule has 14 heavy (non-hydrogen) atoms. The van der Waals surface area contributed by atoms with Gasteiger partial charge < -0.3 is 5.11 Å². The Balaban J connectivity index is 2.93. The Bertz CT molecular complexity index is 426. The molecule has 1 aromatic heterocycles. The number of hydrogen-bond acceptors (Lipinski definition) is 3. The molecule has 1 rings (SSSR count). The Labute approximate surface area is 87.0 Å². The first-order valence-electron chi connectivity index (χ1n) is 3.93. The average Bonchev–Trinajstić information content (AvgIpc) is 2.21. The summed E-state index contributed by atoms with van der Waals surface area (Å²) in [4.78, 5) is 3.81. The van der Waals surface area contributed by atoms with Gasteiger partial charge in [0, 0.05) is 18.2 Å². The van der Waals surface area contributed by atoms with Gasteiger partial charge in [-0.2, -0.15) is 5.26 Å². The normalized spacial score (nSPS) is 8.64. The fourth-order valence-corrected chi connectivity index (χ4v) is 0.961. The van der Waals surface area contributed by atoms with E-state index < -0.39 is 0 Å². The minimum atomic E-state index is 0.0269. The second kappa shape index (κ2) is 5.24. The van der Waals surface area contributed by atoms with Crippen molar-refractivity contribution in [1.82, 2.24) is 4.98 Å². The molecule has 70 valence electrons. The van der Waals surface area contributed by atoms with Gasteiger partial charge in [0.05, 0.1) is 12.2 Å². The highest BCUT2D eigenvalue weighted by Crippen LogP contribution is 2.12. The molecular formula is C10H7ClN2O. The molecule has 0 radical (unpaired) electrons. The average molecular weight is 207 g/mol. The van der Waals surface area contributed by atoms with Crippen LogP contribution in [-0.2, 0) is 0 Å². The molecule has 0 aliphatic heterocycles. The zero-order valence-corrected chi connectivity index (χ0v) is 8.04. The molecule has 0 fully saturated rings. The topological polar surface area (TPSA) is 56.9 Å². The van der Waals surface area contributed by atoms with Gasteiger partial charge in [-0.05, 0) is 6.07 Å². The van der Waals surface area contributed by atoms with Crippen LogP contribution in [0, 0.1) is 23.2 Å². The highest BCUT2D eigenvalue weighted by molar-refractivity contribution is 6.30. The van der Waals surface area contributed by atoms with Crippen LogP contribution in [0.2, 0.25) is 5.15 Å². The molecule has 0 aromatic carbocycles. The summed E-state index contributed by atoms with van der Waals surface area (Å²) in [6, 6.07) is 3.48. The Hall–Kier alpha value is -1.55. The van der Waals surface area contributed by atoms with Gasteiger partial charge in [0.25, 0.3) is 0 Å². The van der Waals surface area contributed by atoms with Crippen LogP contribution in [0.25, 0.3) is 0 Å². The number of aromatic nitrogens is 1. The summed E-state index contributed by atoms with van der Waals surface area (Å²) >= 11 is 5.64. The molecule has 0 saturated carbocycles. The van der Waals surface area contributed by atoms with Crippen molar-refractivity contribution in [1.29, 1.82) is 5.26 Å². The van der Waals surface area contributed by atoms with Gasteiger partial charge in [-0.3, -0.25) is 0 Å². The molecule has 0 aliphatic rings. The fraction of sp³-hybridized carbons (Fsp3) is 0.200. The van der Waals surface area contributed by atoms with Gasteiger partial charge >= 0.3 is 0 Å². The van der Waals surface area contributed by atoms with Crippen molar-refractivity contribution < 1.29 is 5.11 Å². The summed E-state index contributed by atoms with van der Waals surface area (Å²) in [5.74, 6) is 5.49. The minimum absolute atomic E-state index is 0.0269. The second-order valence-corrected chi connectivity index (χ2v) is 2.81. The van der Waals surface area contributed by atoms with Gasteiger partial charge in [-0.1, -0.05) is 23.4 Å². The molecule has 0 unspecified atom stereocenters. The monoisotopic (exact) mass is 206 g/mol. The van der Waals surface area contributed by atoms with E-state index in [4.69, 9.17) is 22.0 Å². The van der Waals surface area contributed by atoms with E-state index in [2.05, 4.69) is 16.8 Å². The van der Waals surface area contributed by atoms with Crippen LogP contribution in [0.15, 0.2) is 12.3 Å². The lowest BCUT2D eigenvalue weighted by molar-refractivity contribution is 0.305. The van der Waals surface area contributed by atoms with Crippen LogP contribution >= 0.6 is 11.6 Å². The molecule has 0 spiro atoms. The van der Waals surface area contributed by atoms with Crippen LogP contribution in [-0.4, -0.2) is 16.7 Å². The van der Waals surface area contributed by atoms with E-state index in [1.54, 1.807) is 6.07 Å². The van der Waals surface area contributed by atoms with Crippen molar-refractivity contribution in [2.45, 2.75) is 6.42 Å². The van der Waals surface area contributed by atoms with Gasteiger partial charge in [0.1, 0.15) is 11.2 Å². The Morgan fingerprint density at radius 3 is 3.00 bits per heavy atom. The van der Waals surface area contributed by atoms with Crippen molar-refractivity contribution >= 4 is 11.6 Å². The predicted molar refractivity (Wildman–Crippen MR) is 52.5 cm³/mol. The third kappa shape index (κ3) is 2.74. The van der Waals surface area contributed by atoms with Crippen LogP contribution in [0.5, 0.6) is 0 Å². The number of nitriles is 1. The lowest BCUT2D eigenvalue weighted by Gasteiger charge is -1.93. The minimum Gasteiger partial charge on any atom is -0.395 e. The third-order valence-electron chi connectivity index (χ3n) is 1.43. The fourth-order valence-electron chi connectivity index (χ4n) is 0.815. The molecule has 1 heterocycles. The summed E-state index contributed by atoms with van der Waals surface area (Å²) < 4.78 is 0. The molecular weight excluding hydrogens is 200 g/mol. The molecule has 0 atom stereocenters. The van der Waals surface area contributed by atoms with Crippen molar-refractivity contribution in [3.8, 4) is 17.9 Å². The zero-order valence-electron chi connectivity index (χ0n) is 7.29. The lowest BCUT2D eigenvalue weighted by Crippen LogP contribution is -1.85. The maximum absolute atomic E-state index is 8.65. The predicted octanol–water partition coefficient (Wildman–Crippen LogP) is 1.34.